The molecule has 0 bridgehead atoms. The predicted molar refractivity (Wildman–Crippen MR) is 80.4 cm³/mol. The first-order valence-corrected chi connectivity index (χ1v) is 8.12. The lowest BCUT2D eigenvalue weighted by atomic mass is 9.71. The molecule has 1 saturated carbocycles. The van der Waals surface area contributed by atoms with Crippen molar-refractivity contribution in [3.05, 3.63) is 23.8 Å². The van der Waals surface area contributed by atoms with E-state index in [0.29, 0.717) is 23.5 Å². The third kappa shape index (κ3) is 2.09. The summed E-state index contributed by atoms with van der Waals surface area (Å²) in [5.74, 6) is 1.84. The number of ketones is 1. The zero-order valence-corrected chi connectivity index (χ0v) is 12.9. The van der Waals surface area contributed by atoms with Gasteiger partial charge in [-0.1, -0.05) is 31.6 Å². The maximum absolute atomic E-state index is 12.3. The Balaban J connectivity index is 2.01. The summed E-state index contributed by atoms with van der Waals surface area (Å²) in [4.78, 5) is 12.3. The van der Waals surface area contributed by atoms with Gasteiger partial charge < -0.3 is 4.74 Å². The lowest BCUT2D eigenvalue weighted by Crippen LogP contribution is -2.29. The van der Waals surface area contributed by atoms with Crippen molar-refractivity contribution < 1.29 is 9.53 Å². The van der Waals surface area contributed by atoms with Gasteiger partial charge in [0, 0.05) is 12.3 Å². The largest absolute Gasteiger partial charge is 0.374 e. The van der Waals surface area contributed by atoms with E-state index in [1.165, 1.54) is 18.4 Å². The number of rotatable bonds is 2. The summed E-state index contributed by atoms with van der Waals surface area (Å²) in [5.41, 5.74) is 1.19. The van der Waals surface area contributed by atoms with E-state index >= 15 is 0 Å². The number of hydrogen-bond acceptors (Lipinski definition) is 2. The number of ether oxygens (including phenoxy) is 1. The molecule has 2 heteroatoms. The zero-order valence-electron chi connectivity index (χ0n) is 12.9. The Morgan fingerprint density at radius 1 is 1.45 bits per heavy atom. The quantitative estimate of drug-likeness (QED) is 0.713. The van der Waals surface area contributed by atoms with Gasteiger partial charge in [0.25, 0.3) is 0 Å². The summed E-state index contributed by atoms with van der Waals surface area (Å²) < 4.78 is 5.91. The molecule has 110 valence electrons. The maximum Gasteiger partial charge on any atom is 0.143 e. The first-order valence-electron chi connectivity index (χ1n) is 8.12. The number of carbonyl (C=O) groups is 1. The minimum Gasteiger partial charge on any atom is -0.374 e. The van der Waals surface area contributed by atoms with Crippen LogP contribution in [0.1, 0.15) is 46.5 Å². The Morgan fingerprint density at radius 3 is 3.00 bits per heavy atom. The summed E-state index contributed by atoms with van der Waals surface area (Å²) in [6.07, 6.45) is 11.3. The maximum atomic E-state index is 12.3. The molecule has 20 heavy (non-hydrogen) atoms. The van der Waals surface area contributed by atoms with Gasteiger partial charge >= 0.3 is 0 Å². The van der Waals surface area contributed by atoms with Crippen LogP contribution in [-0.4, -0.2) is 18.5 Å². The molecule has 2 nitrogen and oxygen atoms in total. The number of fused-ring (bicyclic) bond motifs is 2. The molecule has 5 atom stereocenters. The summed E-state index contributed by atoms with van der Waals surface area (Å²) in [5, 5.41) is 0. The lowest BCUT2D eigenvalue weighted by molar-refractivity contribution is -0.123. The topological polar surface area (TPSA) is 26.3 Å². The van der Waals surface area contributed by atoms with Gasteiger partial charge in [-0.15, -0.1) is 0 Å². The zero-order chi connectivity index (χ0) is 14.3. The molecule has 0 aromatic rings. The van der Waals surface area contributed by atoms with Crippen LogP contribution in [0, 0.1) is 23.2 Å². The molecule has 0 N–H and O–H groups in total. The van der Waals surface area contributed by atoms with Crippen molar-refractivity contribution in [1.82, 2.24) is 0 Å². The first-order chi connectivity index (χ1) is 9.56. The van der Waals surface area contributed by atoms with Crippen LogP contribution in [0.4, 0.5) is 0 Å². The Morgan fingerprint density at radius 2 is 2.25 bits per heavy atom. The van der Waals surface area contributed by atoms with Crippen LogP contribution in [0.15, 0.2) is 23.8 Å². The Labute approximate surface area is 122 Å². The smallest absolute Gasteiger partial charge is 0.143 e. The molecule has 0 radical (unpaired) electrons. The molecule has 3 aliphatic rings. The van der Waals surface area contributed by atoms with Crippen LogP contribution in [0.3, 0.4) is 0 Å². The van der Waals surface area contributed by atoms with Crippen LogP contribution in [-0.2, 0) is 9.53 Å². The van der Waals surface area contributed by atoms with E-state index in [-0.39, 0.29) is 11.5 Å². The molecular formula is C18H26O2. The Bertz CT molecular complexity index is 462. The average Bonchev–Trinajstić information content (AvgIpc) is 2.90. The number of hydrogen-bond donors (Lipinski definition) is 0. The molecule has 2 fully saturated rings. The summed E-state index contributed by atoms with van der Waals surface area (Å²) in [6.45, 7) is 7.37. The van der Waals surface area contributed by atoms with Gasteiger partial charge in [0.15, 0.2) is 0 Å². The summed E-state index contributed by atoms with van der Waals surface area (Å²) >= 11 is 0. The molecule has 0 aromatic heterocycles. The van der Waals surface area contributed by atoms with Crippen molar-refractivity contribution in [3.63, 3.8) is 0 Å². The van der Waals surface area contributed by atoms with Gasteiger partial charge in [-0.05, 0) is 44.1 Å². The first kappa shape index (κ1) is 14.1. The molecule has 3 rings (SSSR count). The molecule has 0 aromatic carbocycles. The highest BCUT2D eigenvalue weighted by Crippen LogP contribution is 2.47. The van der Waals surface area contributed by atoms with Gasteiger partial charge in [-0.3, -0.25) is 4.79 Å². The fourth-order valence-electron chi connectivity index (χ4n) is 4.23. The minimum absolute atomic E-state index is 0.228. The highest BCUT2D eigenvalue weighted by atomic mass is 16.5. The third-order valence-electron chi connectivity index (χ3n) is 5.70. The van der Waals surface area contributed by atoms with Crippen LogP contribution in [0.2, 0.25) is 0 Å². The SMILES string of the molecule is CCC[C@@H]1/C=C\[C@@]2(C)C(=O)CC[C@@H]2/C=C2/[C@@H](C)OC[C@@H]21. The normalized spacial score (nSPS) is 48.0. The van der Waals surface area contributed by atoms with Gasteiger partial charge in [0.1, 0.15) is 5.78 Å². The van der Waals surface area contributed by atoms with E-state index in [9.17, 15) is 4.79 Å². The second-order valence-electron chi connectivity index (χ2n) is 6.91. The van der Waals surface area contributed by atoms with Crippen LogP contribution in [0.25, 0.3) is 0 Å². The third-order valence-corrected chi connectivity index (χ3v) is 5.70. The molecule has 0 amide bonds. The van der Waals surface area contributed by atoms with Crippen molar-refractivity contribution in [3.8, 4) is 0 Å². The Hall–Kier alpha value is -0.890. The molecule has 0 unspecified atom stereocenters. The number of Topliss-reactive ketones (excluding diaryl/α,β-unsaturated/α-hetero) is 1. The highest BCUT2D eigenvalue weighted by Gasteiger charge is 2.46. The average molecular weight is 274 g/mol. The predicted octanol–water partition coefficient (Wildman–Crippen LogP) is 3.92. The molecule has 0 spiro atoms. The van der Waals surface area contributed by atoms with Crippen LogP contribution in [0.5, 0.6) is 0 Å². The molecule has 1 heterocycles. The summed E-state index contributed by atoms with van der Waals surface area (Å²) in [7, 11) is 0. The van der Waals surface area contributed by atoms with Gasteiger partial charge in [0.2, 0.25) is 0 Å². The fraction of sp³-hybridized carbons (Fsp3) is 0.722. The van der Waals surface area contributed by atoms with Crippen LogP contribution >= 0.6 is 0 Å². The van der Waals surface area contributed by atoms with Gasteiger partial charge in [-0.2, -0.15) is 0 Å². The van der Waals surface area contributed by atoms with Gasteiger partial charge in [0.05, 0.1) is 18.1 Å². The second kappa shape index (κ2) is 5.14. The monoisotopic (exact) mass is 274 g/mol. The number of allylic oxidation sites excluding steroid dienone is 3. The standard InChI is InChI=1S/C18H26O2/c1-4-5-13-8-9-18(3)14(6-7-17(18)19)10-15-12(2)20-11-16(13)15/h8-10,12-14,16H,4-7,11H2,1-3H3/b9-8-,15-10-/t12-,13-,14-,16-,18-/m1/s1. The number of carbonyl (C=O) groups excluding carboxylic acids is 1. The lowest BCUT2D eigenvalue weighted by Gasteiger charge is -2.31. The molecule has 1 saturated heterocycles. The fourth-order valence-corrected chi connectivity index (χ4v) is 4.23. The van der Waals surface area contributed by atoms with E-state index in [1.807, 2.05) is 0 Å². The Kier molecular flexibility index (Phi) is 3.62. The molecular weight excluding hydrogens is 248 g/mol. The highest BCUT2D eigenvalue weighted by molar-refractivity contribution is 5.89. The van der Waals surface area contributed by atoms with Crippen molar-refractivity contribution in [2.45, 2.75) is 52.6 Å². The van der Waals surface area contributed by atoms with E-state index in [2.05, 4.69) is 39.0 Å². The summed E-state index contributed by atoms with van der Waals surface area (Å²) in [6, 6.07) is 0. The van der Waals surface area contributed by atoms with Crippen molar-refractivity contribution in [2.75, 3.05) is 6.61 Å². The molecule has 1 aliphatic heterocycles. The second-order valence-corrected chi connectivity index (χ2v) is 6.91. The van der Waals surface area contributed by atoms with E-state index in [1.54, 1.807) is 0 Å². The van der Waals surface area contributed by atoms with Crippen molar-refractivity contribution in [1.29, 1.82) is 0 Å². The molecule has 2 aliphatic carbocycles. The van der Waals surface area contributed by atoms with Crippen molar-refractivity contribution in [2.24, 2.45) is 23.2 Å². The van der Waals surface area contributed by atoms with Gasteiger partial charge in [-0.25, -0.2) is 0 Å². The minimum atomic E-state index is -0.272. The van der Waals surface area contributed by atoms with E-state index in [4.69, 9.17) is 4.74 Å². The van der Waals surface area contributed by atoms with Crippen LogP contribution < -0.4 is 0 Å². The van der Waals surface area contributed by atoms with E-state index in [0.717, 1.165) is 19.4 Å². The van der Waals surface area contributed by atoms with Crippen molar-refractivity contribution >= 4 is 5.78 Å². The van der Waals surface area contributed by atoms with E-state index < -0.39 is 0 Å².